The van der Waals surface area contributed by atoms with Crippen LogP contribution in [-0.2, 0) is 19.1 Å². The second-order valence-electron chi connectivity index (χ2n) is 3.88. The van der Waals surface area contributed by atoms with Crippen LogP contribution >= 0.6 is 0 Å². The first-order valence-corrected chi connectivity index (χ1v) is 5.59. The second-order valence-corrected chi connectivity index (χ2v) is 3.88. The SMILES string of the molecule is C=C(C)C(=O)OCCOC(=O)CCCC(C)O. The first-order valence-electron chi connectivity index (χ1n) is 5.59. The molecule has 17 heavy (non-hydrogen) atoms. The average molecular weight is 244 g/mol. The maximum absolute atomic E-state index is 11.1. The number of aliphatic hydroxyl groups is 1. The van der Waals surface area contributed by atoms with E-state index in [0.29, 0.717) is 18.4 Å². The van der Waals surface area contributed by atoms with Crippen molar-refractivity contribution in [2.24, 2.45) is 0 Å². The van der Waals surface area contributed by atoms with E-state index in [1.807, 2.05) is 0 Å². The van der Waals surface area contributed by atoms with Gasteiger partial charge in [0.1, 0.15) is 13.2 Å². The minimum Gasteiger partial charge on any atom is -0.462 e. The third-order valence-corrected chi connectivity index (χ3v) is 1.93. The molecular weight excluding hydrogens is 224 g/mol. The number of hydrogen-bond donors (Lipinski definition) is 1. The van der Waals surface area contributed by atoms with E-state index in [0.717, 1.165) is 0 Å². The van der Waals surface area contributed by atoms with Gasteiger partial charge in [0.15, 0.2) is 0 Å². The van der Waals surface area contributed by atoms with Crippen molar-refractivity contribution in [3.05, 3.63) is 12.2 Å². The second kappa shape index (κ2) is 8.75. The lowest BCUT2D eigenvalue weighted by molar-refractivity contribution is -0.150. The summed E-state index contributed by atoms with van der Waals surface area (Å²) in [6, 6.07) is 0. The van der Waals surface area contributed by atoms with Crippen molar-refractivity contribution in [2.75, 3.05) is 13.2 Å². The molecule has 0 aromatic carbocycles. The molecule has 5 heteroatoms. The molecule has 0 heterocycles. The van der Waals surface area contributed by atoms with Crippen molar-refractivity contribution in [1.29, 1.82) is 0 Å². The topological polar surface area (TPSA) is 72.8 Å². The molecule has 1 unspecified atom stereocenters. The molecular formula is C12H20O5. The van der Waals surface area contributed by atoms with E-state index in [4.69, 9.17) is 14.6 Å². The molecule has 0 saturated carbocycles. The van der Waals surface area contributed by atoms with E-state index in [1.54, 1.807) is 13.8 Å². The Hall–Kier alpha value is -1.36. The van der Waals surface area contributed by atoms with Gasteiger partial charge in [-0.15, -0.1) is 0 Å². The number of carbonyl (C=O) groups is 2. The maximum Gasteiger partial charge on any atom is 0.333 e. The minimum absolute atomic E-state index is 0.0356. The third-order valence-electron chi connectivity index (χ3n) is 1.93. The summed E-state index contributed by atoms with van der Waals surface area (Å²) in [5, 5.41) is 8.97. The molecule has 0 aliphatic rings. The summed E-state index contributed by atoms with van der Waals surface area (Å²) in [6.07, 6.45) is 1.01. The van der Waals surface area contributed by atoms with Crippen LogP contribution in [0.4, 0.5) is 0 Å². The van der Waals surface area contributed by atoms with E-state index in [2.05, 4.69) is 6.58 Å². The Bertz CT molecular complexity index is 270. The van der Waals surface area contributed by atoms with Crippen LogP contribution in [0.25, 0.3) is 0 Å². The Kier molecular flexibility index (Phi) is 8.05. The number of ether oxygens (including phenoxy) is 2. The Balaban J connectivity index is 3.45. The lowest BCUT2D eigenvalue weighted by Crippen LogP contribution is -2.14. The largest absolute Gasteiger partial charge is 0.462 e. The molecule has 1 N–H and O–H groups in total. The van der Waals surface area contributed by atoms with E-state index in [-0.39, 0.29) is 25.6 Å². The van der Waals surface area contributed by atoms with Gasteiger partial charge in [0.25, 0.3) is 0 Å². The molecule has 0 fully saturated rings. The Labute approximate surface area is 101 Å². The fourth-order valence-corrected chi connectivity index (χ4v) is 1.03. The highest BCUT2D eigenvalue weighted by atomic mass is 16.6. The van der Waals surface area contributed by atoms with Crippen molar-refractivity contribution in [1.82, 2.24) is 0 Å². The molecule has 0 radical (unpaired) electrons. The van der Waals surface area contributed by atoms with Crippen LogP contribution < -0.4 is 0 Å². The third kappa shape index (κ3) is 9.56. The molecule has 0 bridgehead atoms. The number of esters is 2. The summed E-state index contributed by atoms with van der Waals surface area (Å²) in [5.41, 5.74) is 0.313. The summed E-state index contributed by atoms with van der Waals surface area (Å²) >= 11 is 0. The molecule has 0 aliphatic heterocycles. The quantitative estimate of drug-likeness (QED) is 0.394. The van der Waals surface area contributed by atoms with Crippen LogP contribution in [-0.4, -0.2) is 36.4 Å². The van der Waals surface area contributed by atoms with Crippen molar-refractivity contribution < 1.29 is 24.2 Å². The summed E-state index contributed by atoms with van der Waals surface area (Å²) in [6.45, 7) is 6.72. The van der Waals surface area contributed by atoms with Crippen LogP contribution in [0.2, 0.25) is 0 Å². The van der Waals surface area contributed by atoms with Crippen LogP contribution in [0.1, 0.15) is 33.1 Å². The van der Waals surface area contributed by atoms with E-state index in [1.165, 1.54) is 0 Å². The monoisotopic (exact) mass is 244 g/mol. The summed E-state index contributed by atoms with van der Waals surface area (Å²) in [7, 11) is 0. The van der Waals surface area contributed by atoms with Gasteiger partial charge in [-0.3, -0.25) is 4.79 Å². The standard InChI is InChI=1S/C12H20O5/c1-9(2)12(15)17-8-7-16-11(14)6-4-5-10(3)13/h10,13H,1,4-8H2,2-3H3. The van der Waals surface area contributed by atoms with Crippen molar-refractivity contribution in [2.45, 2.75) is 39.2 Å². The van der Waals surface area contributed by atoms with Gasteiger partial charge in [-0.2, -0.15) is 0 Å². The van der Waals surface area contributed by atoms with Gasteiger partial charge in [-0.05, 0) is 26.7 Å². The van der Waals surface area contributed by atoms with Gasteiger partial charge in [0, 0.05) is 12.0 Å². The predicted octanol–water partition coefficient (Wildman–Crippen LogP) is 1.20. The van der Waals surface area contributed by atoms with E-state index >= 15 is 0 Å². The van der Waals surface area contributed by atoms with Gasteiger partial charge >= 0.3 is 11.9 Å². The van der Waals surface area contributed by atoms with Crippen molar-refractivity contribution in [3.8, 4) is 0 Å². The highest BCUT2D eigenvalue weighted by Crippen LogP contribution is 2.01. The van der Waals surface area contributed by atoms with Gasteiger partial charge in [-0.25, -0.2) is 4.79 Å². The molecule has 0 aromatic heterocycles. The van der Waals surface area contributed by atoms with Crippen LogP contribution in [0, 0.1) is 0 Å². The lowest BCUT2D eigenvalue weighted by Gasteiger charge is -2.06. The molecule has 0 rings (SSSR count). The van der Waals surface area contributed by atoms with Crippen molar-refractivity contribution >= 4 is 11.9 Å². The number of aliphatic hydroxyl groups excluding tert-OH is 1. The Morgan fingerprint density at radius 1 is 1.29 bits per heavy atom. The van der Waals surface area contributed by atoms with E-state index in [9.17, 15) is 9.59 Å². The highest BCUT2D eigenvalue weighted by Gasteiger charge is 2.06. The van der Waals surface area contributed by atoms with E-state index < -0.39 is 12.1 Å². The molecule has 0 saturated heterocycles. The summed E-state index contributed by atoms with van der Waals surface area (Å²) in [4.78, 5) is 22.1. The minimum atomic E-state index is -0.491. The Morgan fingerprint density at radius 2 is 1.88 bits per heavy atom. The maximum atomic E-state index is 11.1. The first kappa shape index (κ1) is 15.6. The summed E-state index contributed by atoms with van der Waals surface area (Å²) < 4.78 is 9.57. The average Bonchev–Trinajstić information content (AvgIpc) is 2.23. The normalized spacial score (nSPS) is 11.7. The zero-order valence-corrected chi connectivity index (χ0v) is 10.4. The highest BCUT2D eigenvalue weighted by molar-refractivity contribution is 5.86. The zero-order valence-electron chi connectivity index (χ0n) is 10.4. The molecule has 0 amide bonds. The molecule has 5 nitrogen and oxygen atoms in total. The van der Waals surface area contributed by atoms with Gasteiger partial charge in [0.2, 0.25) is 0 Å². The van der Waals surface area contributed by atoms with Crippen LogP contribution in [0.5, 0.6) is 0 Å². The molecule has 0 aliphatic carbocycles. The molecule has 0 spiro atoms. The smallest absolute Gasteiger partial charge is 0.333 e. The van der Waals surface area contributed by atoms with Crippen LogP contribution in [0.3, 0.4) is 0 Å². The van der Waals surface area contributed by atoms with Crippen LogP contribution in [0.15, 0.2) is 12.2 Å². The van der Waals surface area contributed by atoms with Gasteiger partial charge in [-0.1, -0.05) is 6.58 Å². The molecule has 0 aromatic rings. The molecule has 1 atom stereocenters. The summed E-state index contributed by atoms with van der Waals surface area (Å²) in [5.74, 6) is -0.841. The number of carbonyl (C=O) groups excluding carboxylic acids is 2. The fraction of sp³-hybridized carbons (Fsp3) is 0.667. The first-order chi connectivity index (χ1) is 7.93. The fourth-order valence-electron chi connectivity index (χ4n) is 1.03. The Morgan fingerprint density at radius 3 is 2.41 bits per heavy atom. The number of rotatable bonds is 8. The lowest BCUT2D eigenvalue weighted by atomic mass is 10.2. The molecule has 98 valence electrons. The van der Waals surface area contributed by atoms with Crippen molar-refractivity contribution in [3.63, 3.8) is 0 Å². The number of hydrogen-bond acceptors (Lipinski definition) is 5. The zero-order chi connectivity index (χ0) is 13.3. The predicted molar refractivity (Wildman–Crippen MR) is 62.3 cm³/mol. The van der Waals surface area contributed by atoms with Gasteiger partial charge in [0.05, 0.1) is 6.10 Å². The van der Waals surface area contributed by atoms with Gasteiger partial charge < -0.3 is 14.6 Å².